The SMILES string of the molecule is CCC(C)C(N)C(=O)NC(CS)C(=O)NC(CCCN=C(N)N)C(=O)NC(C(=O)O)C(C)C. The van der Waals surface area contributed by atoms with Gasteiger partial charge in [0.15, 0.2) is 5.96 Å². The maximum absolute atomic E-state index is 12.8. The van der Waals surface area contributed by atoms with E-state index in [2.05, 4.69) is 33.6 Å². The van der Waals surface area contributed by atoms with Crippen LogP contribution in [-0.4, -0.2) is 71.2 Å². The van der Waals surface area contributed by atoms with Crippen molar-refractivity contribution in [1.82, 2.24) is 16.0 Å². The number of amides is 3. The summed E-state index contributed by atoms with van der Waals surface area (Å²) in [5.74, 6) is -3.62. The van der Waals surface area contributed by atoms with E-state index in [0.29, 0.717) is 12.8 Å². The molecule has 0 saturated heterocycles. The van der Waals surface area contributed by atoms with E-state index in [1.165, 1.54) is 0 Å². The zero-order valence-electron chi connectivity index (χ0n) is 19.7. The van der Waals surface area contributed by atoms with Crippen molar-refractivity contribution in [3.8, 4) is 0 Å². The number of nitrogens with zero attached hydrogens (tertiary/aromatic N) is 1. The number of carboxylic acids is 1. The van der Waals surface area contributed by atoms with Crippen molar-refractivity contribution >= 4 is 42.3 Å². The average Bonchev–Trinajstić information content (AvgIpc) is 2.75. The fourth-order valence-corrected chi connectivity index (χ4v) is 3.04. The third-order valence-corrected chi connectivity index (χ3v) is 5.55. The van der Waals surface area contributed by atoms with E-state index in [0.717, 1.165) is 0 Å². The molecule has 0 heterocycles. The average molecular weight is 490 g/mol. The van der Waals surface area contributed by atoms with Crippen LogP contribution >= 0.6 is 12.6 Å². The molecule has 0 aromatic heterocycles. The highest BCUT2D eigenvalue weighted by Crippen LogP contribution is 2.07. The minimum atomic E-state index is -1.19. The lowest BCUT2D eigenvalue weighted by atomic mass is 9.99. The lowest BCUT2D eigenvalue weighted by molar-refractivity contribution is -0.143. The maximum atomic E-state index is 12.8. The van der Waals surface area contributed by atoms with Gasteiger partial charge in [0, 0.05) is 12.3 Å². The van der Waals surface area contributed by atoms with Gasteiger partial charge < -0.3 is 38.3 Å². The third kappa shape index (κ3) is 11.2. The van der Waals surface area contributed by atoms with E-state index >= 15 is 0 Å². The first kappa shape index (κ1) is 30.5. The number of carbonyl (C=O) groups is 4. The lowest BCUT2D eigenvalue weighted by Crippen LogP contribution is -2.58. The van der Waals surface area contributed by atoms with Gasteiger partial charge in [-0.25, -0.2) is 4.79 Å². The number of nitrogens with one attached hydrogen (secondary N) is 3. The number of nitrogens with two attached hydrogens (primary N) is 3. The summed E-state index contributed by atoms with van der Waals surface area (Å²) in [5.41, 5.74) is 16.5. The molecular formula is C20H39N7O5S. The number of carbonyl (C=O) groups excluding carboxylic acids is 3. The molecule has 5 atom stereocenters. The summed E-state index contributed by atoms with van der Waals surface area (Å²) in [6.07, 6.45) is 1.16. The first-order chi connectivity index (χ1) is 15.3. The van der Waals surface area contributed by atoms with Crippen LogP contribution in [0.15, 0.2) is 4.99 Å². The lowest BCUT2D eigenvalue weighted by Gasteiger charge is -2.26. The molecular weight excluding hydrogens is 450 g/mol. The molecule has 13 heteroatoms. The van der Waals surface area contributed by atoms with Gasteiger partial charge in [-0.1, -0.05) is 34.1 Å². The van der Waals surface area contributed by atoms with Gasteiger partial charge in [-0.05, 0) is 24.7 Å². The summed E-state index contributed by atoms with van der Waals surface area (Å²) in [6, 6.07) is -4.05. The van der Waals surface area contributed by atoms with Crippen LogP contribution in [-0.2, 0) is 19.2 Å². The number of guanidine groups is 1. The first-order valence-corrected chi connectivity index (χ1v) is 11.5. The summed E-state index contributed by atoms with van der Waals surface area (Å²) in [6.45, 7) is 7.24. The number of thiol groups is 1. The van der Waals surface area contributed by atoms with Crippen molar-refractivity contribution in [1.29, 1.82) is 0 Å². The van der Waals surface area contributed by atoms with Crippen molar-refractivity contribution in [2.24, 2.45) is 34.0 Å². The number of aliphatic imine (C=N–C) groups is 1. The van der Waals surface area contributed by atoms with E-state index in [4.69, 9.17) is 17.2 Å². The van der Waals surface area contributed by atoms with E-state index in [1.54, 1.807) is 13.8 Å². The Balaban J connectivity index is 5.41. The number of rotatable bonds is 15. The molecule has 0 aromatic carbocycles. The predicted octanol–water partition coefficient (Wildman–Crippen LogP) is -1.46. The van der Waals surface area contributed by atoms with E-state index in [9.17, 15) is 24.3 Å². The standard InChI is InChI=1S/C20H39N7O5S/c1-5-11(4)14(21)18(30)26-13(9-33)17(29)25-12(7-6-8-24-20(22)23)16(28)27-15(10(2)3)19(31)32/h10-15,33H,5-9,21H2,1-4H3,(H,25,29)(H,26,30)(H,27,28)(H,31,32)(H4,22,23,24). The van der Waals surface area contributed by atoms with Crippen LogP contribution in [0, 0.1) is 11.8 Å². The molecule has 0 aliphatic rings. The summed E-state index contributed by atoms with van der Waals surface area (Å²) in [5, 5.41) is 16.9. The smallest absolute Gasteiger partial charge is 0.326 e. The Morgan fingerprint density at radius 2 is 1.52 bits per heavy atom. The molecule has 33 heavy (non-hydrogen) atoms. The number of carboxylic acid groups (broad SMARTS) is 1. The summed E-state index contributed by atoms with van der Waals surface area (Å²) >= 11 is 4.12. The van der Waals surface area contributed by atoms with Gasteiger partial charge in [0.1, 0.15) is 18.1 Å². The zero-order chi connectivity index (χ0) is 25.7. The van der Waals surface area contributed by atoms with Crippen LogP contribution < -0.4 is 33.2 Å². The Labute approximate surface area is 200 Å². The highest BCUT2D eigenvalue weighted by Gasteiger charge is 2.31. The van der Waals surface area contributed by atoms with Gasteiger partial charge in [-0.2, -0.15) is 12.6 Å². The summed E-state index contributed by atoms with van der Waals surface area (Å²) in [7, 11) is 0. The van der Waals surface area contributed by atoms with Crippen molar-refractivity contribution < 1.29 is 24.3 Å². The first-order valence-electron chi connectivity index (χ1n) is 10.9. The normalized spacial score (nSPS) is 15.5. The predicted molar refractivity (Wildman–Crippen MR) is 129 cm³/mol. The molecule has 0 spiro atoms. The Hall–Kier alpha value is -2.54. The quantitative estimate of drug-likeness (QED) is 0.0587. The van der Waals surface area contributed by atoms with Crippen LogP contribution in [0.5, 0.6) is 0 Å². The number of aliphatic carboxylic acids is 1. The summed E-state index contributed by atoms with van der Waals surface area (Å²) in [4.78, 5) is 53.3. The monoisotopic (exact) mass is 489 g/mol. The molecule has 190 valence electrons. The second-order valence-electron chi connectivity index (χ2n) is 8.23. The molecule has 0 radical (unpaired) electrons. The van der Waals surface area contributed by atoms with Crippen LogP contribution in [0.4, 0.5) is 0 Å². The Morgan fingerprint density at radius 3 is 1.97 bits per heavy atom. The van der Waals surface area contributed by atoms with Gasteiger partial charge in [-0.3, -0.25) is 19.4 Å². The highest BCUT2D eigenvalue weighted by molar-refractivity contribution is 7.80. The molecule has 0 aromatic rings. The van der Waals surface area contributed by atoms with E-state index < -0.39 is 47.9 Å². The number of hydrogen-bond donors (Lipinski definition) is 8. The second kappa shape index (κ2) is 15.3. The number of hydrogen-bond acceptors (Lipinski definition) is 7. The minimum absolute atomic E-state index is 0.0309. The van der Waals surface area contributed by atoms with Crippen LogP contribution in [0.25, 0.3) is 0 Å². The Bertz CT molecular complexity index is 700. The fraction of sp³-hybridized carbons (Fsp3) is 0.750. The van der Waals surface area contributed by atoms with Gasteiger partial charge in [0.25, 0.3) is 0 Å². The molecule has 0 aliphatic heterocycles. The van der Waals surface area contributed by atoms with Crippen LogP contribution in [0.1, 0.15) is 47.0 Å². The second-order valence-corrected chi connectivity index (χ2v) is 8.60. The molecule has 3 amide bonds. The largest absolute Gasteiger partial charge is 0.480 e. The fourth-order valence-electron chi connectivity index (χ4n) is 2.79. The van der Waals surface area contributed by atoms with Crippen molar-refractivity contribution in [3.63, 3.8) is 0 Å². The third-order valence-electron chi connectivity index (χ3n) is 5.18. The molecule has 0 bridgehead atoms. The van der Waals surface area contributed by atoms with E-state index in [1.807, 2.05) is 13.8 Å². The topological polar surface area (TPSA) is 215 Å². The van der Waals surface area contributed by atoms with Crippen molar-refractivity contribution in [2.45, 2.75) is 71.1 Å². The van der Waals surface area contributed by atoms with Crippen LogP contribution in [0.3, 0.4) is 0 Å². The molecule has 0 saturated carbocycles. The van der Waals surface area contributed by atoms with Gasteiger partial charge >= 0.3 is 5.97 Å². The summed E-state index contributed by atoms with van der Waals surface area (Å²) < 4.78 is 0. The molecule has 5 unspecified atom stereocenters. The van der Waals surface area contributed by atoms with Gasteiger partial charge in [-0.15, -0.1) is 0 Å². The van der Waals surface area contributed by atoms with Crippen molar-refractivity contribution in [2.75, 3.05) is 12.3 Å². The Morgan fingerprint density at radius 1 is 0.970 bits per heavy atom. The van der Waals surface area contributed by atoms with E-state index in [-0.39, 0.29) is 36.5 Å². The molecule has 0 aliphatic carbocycles. The molecule has 12 nitrogen and oxygen atoms in total. The Kier molecular flexibility index (Phi) is 14.1. The van der Waals surface area contributed by atoms with Gasteiger partial charge in [0.2, 0.25) is 17.7 Å². The molecule has 0 rings (SSSR count). The van der Waals surface area contributed by atoms with Crippen molar-refractivity contribution in [3.05, 3.63) is 0 Å². The highest BCUT2D eigenvalue weighted by atomic mass is 32.1. The molecule has 10 N–H and O–H groups in total. The maximum Gasteiger partial charge on any atom is 0.326 e. The van der Waals surface area contributed by atoms with Crippen LogP contribution in [0.2, 0.25) is 0 Å². The molecule has 0 fully saturated rings. The zero-order valence-corrected chi connectivity index (χ0v) is 20.6. The van der Waals surface area contributed by atoms with Gasteiger partial charge in [0.05, 0.1) is 6.04 Å². The minimum Gasteiger partial charge on any atom is -0.480 e.